The molecule has 3 heterocycles. The molecule has 0 bridgehead atoms. The van der Waals surface area contributed by atoms with Gasteiger partial charge >= 0.3 is 0 Å². The Morgan fingerprint density at radius 3 is 2.90 bits per heavy atom. The van der Waals surface area contributed by atoms with E-state index < -0.39 is 0 Å². The Hall–Kier alpha value is -1.13. The van der Waals surface area contributed by atoms with E-state index in [4.69, 9.17) is 21.6 Å². The molecule has 3 rings (SSSR count). The van der Waals surface area contributed by atoms with E-state index in [1.54, 1.807) is 0 Å². The number of aromatic nitrogens is 3. The van der Waals surface area contributed by atoms with Crippen molar-refractivity contribution >= 4 is 22.8 Å². The standard InChI is InChI=1S/C16H23ClN4/c1-4-20-9-5-6-13(20)10-21-15(12(3)17)19-14-8-7-11(2)18-16(14)21/h7-8,12-13H,4-6,9-10H2,1-3H3. The Kier molecular flexibility index (Phi) is 4.18. The van der Waals surface area contributed by atoms with Gasteiger partial charge in [0.2, 0.25) is 0 Å². The number of nitrogens with zero attached hydrogens (tertiary/aromatic N) is 4. The second-order valence-electron chi connectivity index (χ2n) is 5.92. The number of fused-ring (bicyclic) bond motifs is 1. The highest BCUT2D eigenvalue weighted by atomic mass is 35.5. The molecule has 0 saturated carbocycles. The Morgan fingerprint density at radius 1 is 1.38 bits per heavy atom. The topological polar surface area (TPSA) is 34.0 Å². The van der Waals surface area contributed by atoms with Crippen molar-refractivity contribution in [2.45, 2.75) is 51.6 Å². The summed E-state index contributed by atoms with van der Waals surface area (Å²) in [4.78, 5) is 11.9. The summed E-state index contributed by atoms with van der Waals surface area (Å²) in [6.45, 7) is 9.49. The lowest BCUT2D eigenvalue weighted by Gasteiger charge is -2.24. The molecule has 21 heavy (non-hydrogen) atoms. The molecule has 1 saturated heterocycles. The van der Waals surface area contributed by atoms with Crippen LogP contribution >= 0.6 is 11.6 Å². The predicted octanol–water partition coefficient (Wildman–Crippen LogP) is 3.52. The highest BCUT2D eigenvalue weighted by Gasteiger charge is 2.26. The first-order chi connectivity index (χ1) is 10.1. The first-order valence-corrected chi connectivity index (χ1v) is 8.25. The van der Waals surface area contributed by atoms with Gasteiger partial charge in [-0.2, -0.15) is 0 Å². The molecule has 2 unspecified atom stereocenters. The summed E-state index contributed by atoms with van der Waals surface area (Å²) in [6, 6.07) is 4.63. The van der Waals surface area contributed by atoms with E-state index in [-0.39, 0.29) is 5.38 Å². The second-order valence-corrected chi connectivity index (χ2v) is 6.57. The van der Waals surface area contributed by atoms with E-state index in [9.17, 15) is 0 Å². The summed E-state index contributed by atoms with van der Waals surface area (Å²) in [5, 5.41) is -0.101. The average molecular weight is 307 g/mol. The number of likely N-dealkylation sites (N-methyl/N-ethyl adjacent to an activating group) is 1. The minimum absolute atomic E-state index is 0.101. The van der Waals surface area contributed by atoms with Gasteiger partial charge in [-0.25, -0.2) is 9.97 Å². The summed E-state index contributed by atoms with van der Waals surface area (Å²) in [7, 11) is 0. The van der Waals surface area contributed by atoms with E-state index in [1.807, 2.05) is 26.0 Å². The summed E-state index contributed by atoms with van der Waals surface area (Å²) in [5.74, 6) is 0.938. The van der Waals surface area contributed by atoms with Gasteiger partial charge in [-0.3, -0.25) is 4.90 Å². The summed E-state index contributed by atoms with van der Waals surface area (Å²) in [6.07, 6.45) is 2.53. The fourth-order valence-electron chi connectivity index (χ4n) is 3.33. The molecule has 0 amide bonds. The van der Waals surface area contributed by atoms with Crippen molar-refractivity contribution in [3.63, 3.8) is 0 Å². The maximum absolute atomic E-state index is 6.35. The molecule has 2 aromatic rings. The molecule has 5 heteroatoms. The predicted molar refractivity (Wildman–Crippen MR) is 86.8 cm³/mol. The molecule has 114 valence electrons. The van der Waals surface area contributed by atoms with E-state index in [0.29, 0.717) is 6.04 Å². The van der Waals surface area contributed by atoms with Gasteiger partial charge < -0.3 is 4.57 Å². The van der Waals surface area contributed by atoms with Gasteiger partial charge in [-0.15, -0.1) is 11.6 Å². The smallest absolute Gasteiger partial charge is 0.160 e. The van der Waals surface area contributed by atoms with Crippen LogP contribution < -0.4 is 0 Å². The minimum atomic E-state index is -0.101. The van der Waals surface area contributed by atoms with Gasteiger partial charge in [0.1, 0.15) is 11.3 Å². The first-order valence-electron chi connectivity index (χ1n) is 7.82. The lowest BCUT2D eigenvalue weighted by molar-refractivity contribution is 0.244. The molecular weight excluding hydrogens is 284 g/mol. The number of alkyl halides is 1. The maximum Gasteiger partial charge on any atom is 0.160 e. The van der Waals surface area contributed by atoms with Crippen molar-refractivity contribution in [2.24, 2.45) is 0 Å². The minimum Gasteiger partial charge on any atom is -0.310 e. The van der Waals surface area contributed by atoms with Crippen molar-refractivity contribution in [3.05, 3.63) is 23.7 Å². The van der Waals surface area contributed by atoms with Crippen LogP contribution in [0.25, 0.3) is 11.2 Å². The van der Waals surface area contributed by atoms with E-state index in [2.05, 4.69) is 16.4 Å². The fraction of sp³-hybridized carbons (Fsp3) is 0.625. The molecular formula is C16H23ClN4. The SMILES string of the molecule is CCN1CCCC1Cn1c(C(C)Cl)nc2ccc(C)nc21. The highest BCUT2D eigenvalue weighted by Crippen LogP contribution is 2.27. The Morgan fingerprint density at radius 2 is 2.19 bits per heavy atom. The Labute approximate surface area is 131 Å². The van der Waals surface area contributed by atoms with Crippen molar-refractivity contribution < 1.29 is 0 Å². The number of halogens is 1. The van der Waals surface area contributed by atoms with Crippen LogP contribution in [-0.4, -0.2) is 38.6 Å². The zero-order chi connectivity index (χ0) is 15.0. The van der Waals surface area contributed by atoms with Gasteiger partial charge in [-0.05, 0) is 51.9 Å². The third kappa shape index (κ3) is 2.79. The molecule has 0 aliphatic carbocycles. The monoisotopic (exact) mass is 306 g/mol. The van der Waals surface area contributed by atoms with Gasteiger partial charge in [0.05, 0.1) is 5.38 Å². The number of rotatable bonds is 4. The quantitative estimate of drug-likeness (QED) is 0.810. The summed E-state index contributed by atoms with van der Waals surface area (Å²) in [5.41, 5.74) is 2.95. The number of hydrogen-bond donors (Lipinski definition) is 0. The van der Waals surface area contributed by atoms with Crippen molar-refractivity contribution in [1.82, 2.24) is 19.4 Å². The van der Waals surface area contributed by atoms with Crippen LogP contribution in [0.15, 0.2) is 12.1 Å². The molecule has 0 aromatic carbocycles. The number of hydrogen-bond acceptors (Lipinski definition) is 3. The maximum atomic E-state index is 6.35. The first kappa shape index (κ1) is 14.8. The molecule has 1 fully saturated rings. The zero-order valence-corrected chi connectivity index (χ0v) is 13.8. The van der Waals surface area contributed by atoms with Gasteiger partial charge in [-0.1, -0.05) is 6.92 Å². The van der Waals surface area contributed by atoms with Crippen molar-refractivity contribution in [1.29, 1.82) is 0 Å². The van der Waals surface area contributed by atoms with Crippen LogP contribution in [0.2, 0.25) is 0 Å². The summed E-state index contributed by atoms with van der Waals surface area (Å²) < 4.78 is 2.23. The van der Waals surface area contributed by atoms with E-state index in [0.717, 1.165) is 35.8 Å². The van der Waals surface area contributed by atoms with Crippen LogP contribution in [0.4, 0.5) is 0 Å². The number of likely N-dealkylation sites (tertiary alicyclic amines) is 1. The molecule has 1 aliphatic heterocycles. The Bertz CT molecular complexity index is 634. The number of pyridine rings is 1. The molecule has 4 nitrogen and oxygen atoms in total. The molecule has 0 radical (unpaired) electrons. The van der Waals surface area contributed by atoms with Gasteiger partial charge in [0.25, 0.3) is 0 Å². The highest BCUT2D eigenvalue weighted by molar-refractivity contribution is 6.20. The molecule has 2 atom stereocenters. The normalized spacial score (nSPS) is 21.2. The lowest BCUT2D eigenvalue weighted by Crippen LogP contribution is -2.33. The third-order valence-electron chi connectivity index (χ3n) is 4.42. The largest absolute Gasteiger partial charge is 0.310 e. The number of imidazole rings is 1. The fourth-order valence-corrected chi connectivity index (χ4v) is 3.49. The zero-order valence-electron chi connectivity index (χ0n) is 13.0. The van der Waals surface area contributed by atoms with Crippen LogP contribution in [0.5, 0.6) is 0 Å². The van der Waals surface area contributed by atoms with E-state index in [1.165, 1.54) is 19.4 Å². The molecule has 2 aromatic heterocycles. The van der Waals surface area contributed by atoms with Crippen molar-refractivity contribution in [2.75, 3.05) is 13.1 Å². The van der Waals surface area contributed by atoms with Crippen LogP contribution in [-0.2, 0) is 6.54 Å². The van der Waals surface area contributed by atoms with Crippen molar-refractivity contribution in [3.8, 4) is 0 Å². The summed E-state index contributed by atoms with van der Waals surface area (Å²) >= 11 is 6.35. The van der Waals surface area contributed by atoms with E-state index >= 15 is 0 Å². The molecule has 0 spiro atoms. The van der Waals surface area contributed by atoms with Gasteiger partial charge in [0, 0.05) is 18.3 Å². The van der Waals surface area contributed by atoms with Gasteiger partial charge in [0.15, 0.2) is 5.65 Å². The van der Waals surface area contributed by atoms with Crippen LogP contribution in [0.3, 0.4) is 0 Å². The Balaban J connectivity index is 2.02. The average Bonchev–Trinajstić information content (AvgIpc) is 3.04. The third-order valence-corrected chi connectivity index (χ3v) is 4.61. The van der Waals surface area contributed by atoms with Crippen LogP contribution in [0.1, 0.15) is 43.6 Å². The number of aryl methyl sites for hydroxylation is 1. The molecule has 1 aliphatic rings. The molecule has 0 N–H and O–H groups in total. The van der Waals surface area contributed by atoms with Crippen LogP contribution in [0, 0.1) is 6.92 Å². The second kappa shape index (κ2) is 5.93. The lowest BCUT2D eigenvalue weighted by atomic mass is 10.2.